The summed E-state index contributed by atoms with van der Waals surface area (Å²) in [5.41, 5.74) is 0.0460. The molecular weight excluding hydrogens is 230 g/mol. The standard InChI is InChI=1S/C13H19N3O2/c17-8-4-10-3-6-15(9-10)12-13(18)16(7-5-14-12)11-1-2-11/h5,7,10-11,17H,1-4,6,8-9H2. The van der Waals surface area contributed by atoms with Crippen LogP contribution < -0.4 is 10.5 Å². The van der Waals surface area contributed by atoms with Gasteiger partial charge in [0.05, 0.1) is 0 Å². The van der Waals surface area contributed by atoms with Gasteiger partial charge in [0.1, 0.15) is 0 Å². The lowest BCUT2D eigenvalue weighted by Crippen LogP contribution is -2.31. The van der Waals surface area contributed by atoms with Crippen LogP contribution in [0.3, 0.4) is 0 Å². The average Bonchev–Trinajstić information content (AvgIpc) is 3.11. The van der Waals surface area contributed by atoms with Crippen LogP contribution in [0.5, 0.6) is 0 Å². The Labute approximate surface area is 106 Å². The van der Waals surface area contributed by atoms with Crippen molar-refractivity contribution >= 4 is 5.82 Å². The smallest absolute Gasteiger partial charge is 0.293 e. The molecule has 0 radical (unpaired) electrons. The molecule has 1 aromatic heterocycles. The van der Waals surface area contributed by atoms with Crippen LogP contribution in [-0.4, -0.2) is 34.4 Å². The van der Waals surface area contributed by atoms with Gasteiger partial charge in [-0.2, -0.15) is 0 Å². The van der Waals surface area contributed by atoms with Crippen LogP contribution in [0.4, 0.5) is 5.82 Å². The van der Waals surface area contributed by atoms with Crippen LogP contribution in [0.1, 0.15) is 31.7 Å². The molecule has 1 aliphatic heterocycles. The number of aromatic nitrogens is 2. The van der Waals surface area contributed by atoms with Crippen LogP contribution in [0.15, 0.2) is 17.2 Å². The van der Waals surface area contributed by atoms with Crippen molar-refractivity contribution < 1.29 is 5.11 Å². The maximum atomic E-state index is 12.3. The normalized spacial score (nSPS) is 23.6. The minimum atomic E-state index is 0.0460. The highest BCUT2D eigenvalue weighted by atomic mass is 16.3. The maximum absolute atomic E-state index is 12.3. The summed E-state index contributed by atoms with van der Waals surface area (Å²) >= 11 is 0. The first-order valence-corrected chi connectivity index (χ1v) is 6.72. The van der Waals surface area contributed by atoms with Gasteiger partial charge in [-0.25, -0.2) is 4.98 Å². The molecule has 2 fully saturated rings. The lowest BCUT2D eigenvalue weighted by atomic mass is 10.1. The molecule has 0 amide bonds. The molecule has 1 aliphatic carbocycles. The van der Waals surface area contributed by atoms with Gasteiger partial charge in [0.15, 0.2) is 5.82 Å². The molecule has 1 aromatic rings. The van der Waals surface area contributed by atoms with Gasteiger partial charge in [0.2, 0.25) is 0 Å². The van der Waals surface area contributed by atoms with Crippen molar-refractivity contribution in [1.29, 1.82) is 0 Å². The predicted molar refractivity (Wildman–Crippen MR) is 68.8 cm³/mol. The fourth-order valence-electron chi connectivity index (χ4n) is 2.71. The summed E-state index contributed by atoms with van der Waals surface area (Å²) < 4.78 is 1.82. The van der Waals surface area contributed by atoms with Crippen molar-refractivity contribution in [2.45, 2.75) is 31.7 Å². The van der Waals surface area contributed by atoms with Crippen LogP contribution >= 0.6 is 0 Å². The summed E-state index contributed by atoms with van der Waals surface area (Å²) in [7, 11) is 0. The molecule has 18 heavy (non-hydrogen) atoms. The van der Waals surface area contributed by atoms with Gasteiger partial charge in [-0.15, -0.1) is 0 Å². The summed E-state index contributed by atoms with van der Waals surface area (Å²) in [6, 6.07) is 0.398. The van der Waals surface area contributed by atoms with E-state index in [-0.39, 0.29) is 12.2 Å². The molecule has 98 valence electrons. The van der Waals surface area contributed by atoms with Crippen molar-refractivity contribution in [3.8, 4) is 0 Å². The third kappa shape index (κ3) is 2.14. The first kappa shape index (κ1) is 11.7. The Morgan fingerprint density at radius 1 is 1.39 bits per heavy atom. The number of aliphatic hydroxyl groups excluding tert-OH is 1. The Morgan fingerprint density at radius 3 is 2.94 bits per heavy atom. The van der Waals surface area contributed by atoms with E-state index in [9.17, 15) is 4.79 Å². The molecule has 1 saturated heterocycles. The van der Waals surface area contributed by atoms with Crippen molar-refractivity contribution in [3.05, 3.63) is 22.7 Å². The highest BCUT2D eigenvalue weighted by Crippen LogP contribution is 2.33. The molecule has 1 saturated carbocycles. The summed E-state index contributed by atoms with van der Waals surface area (Å²) in [5.74, 6) is 1.08. The second kappa shape index (κ2) is 4.72. The monoisotopic (exact) mass is 249 g/mol. The number of aliphatic hydroxyl groups is 1. The second-order valence-electron chi connectivity index (χ2n) is 5.31. The van der Waals surface area contributed by atoms with Crippen LogP contribution in [0.2, 0.25) is 0 Å². The Bertz CT molecular complexity index is 481. The zero-order valence-corrected chi connectivity index (χ0v) is 10.5. The molecule has 0 bridgehead atoms. The Kier molecular flexibility index (Phi) is 3.07. The first-order chi connectivity index (χ1) is 8.79. The molecule has 2 heterocycles. The summed E-state index contributed by atoms with van der Waals surface area (Å²) in [6.07, 6.45) is 7.60. The number of rotatable bonds is 4. The molecule has 1 N–H and O–H groups in total. The van der Waals surface area contributed by atoms with E-state index in [0.29, 0.717) is 17.8 Å². The van der Waals surface area contributed by atoms with E-state index in [1.807, 2.05) is 4.57 Å². The quantitative estimate of drug-likeness (QED) is 0.857. The van der Waals surface area contributed by atoms with Gasteiger partial charge < -0.3 is 14.6 Å². The minimum Gasteiger partial charge on any atom is -0.396 e. The zero-order valence-electron chi connectivity index (χ0n) is 10.5. The fourth-order valence-corrected chi connectivity index (χ4v) is 2.71. The zero-order chi connectivity index (χ0) is 12.5. The van der Waals surface area contributed by atoms with Gasteiger partial charge in [0, 0.05) is 38.1 Å². The van der Waals surface area contributed by atoms with Crippen molar-refractivity contribution in [2.75, 3.05) is 24.6 Å². The Morgan fingerprint density at radius 2 is 2.22 bits per heavy atom. The van der Waals surface area contributed by atoms with E-state index in [1.165, 1.54) is 0 Å². The topological polar surface area (TPSA) is 58.4 Å². The van der Waals surface area contributed by atoms with E-state index >= 15 is 0 Å². The van der Waals surface area contributed by atoms with E-state index in [0.717, 1.165) is 38.8 Å². The number of hydrogen-bond donors (Lipinski definition) is 1. The van der Waals surface area contributed by atoms with E-state index in [4.69, 9.17) is 5.11 Å². The highest BCUT2D eigenvalue weighted by molar-refractivity contribution is 5.37. The van der Waals surface area contributed by atoms with E-state index in [1.54, 1.807) is 12.4 Å². The molecule has 3 rings (SSSR count). The van der Waals surface area contributed by atoms with Crippen LogP contribution in [0, 0.1) is 5.92 Å². The Balaban J connectivity index is 1.80. The lowest BCUT2D eigenvalue weighted by Gasteiger charge is -2.17. The molecule has 1 atom stereocenters. The van der Waals surface area contributed by atoms with Crippen molar-refractivity contribution in [2.24, 2.45) is 5.92 Å². The van der Waals surface area contributed by atoms with E-state index < -0.39 is 0 Å². The summed E-state index contributed by atoms with van der Waals surface area (Å²) in [4.78, 5) is 18.6. The first-order valence-electron chi connectivity index (χ1n) is 6.72. The number of nitrogens with zero attached hydrogens (tertiary/aromatic N) is 3. The fraction of sp³-hybridized carbons (Fsp3) is 0.692. The van der Waals surface area contributed by atoms with Crippen LogP contribution in [0.25, 0.3) is 0 Å². The van der Waals surface area contributed by atoms with Crippen molar-refractivity contribution in [1.82, 2.24) is 9.55 Å². The molecule has 5 heteroatoms. The number of anilines is 1. The third-order valence-corrected chi connectivity index (χ3v) is 3.91. The second-order valence-corrected chi connectivity index (χ2v) is 5.31. The van der Waals surface area contributed by atoms with Crippen molar-refractivity contribution in [3.63, 3.8) is 0 Å². The predicted octanol–water partition coefficient (Wildman–Crippen LogP) is 0.787. The van der Waals surface area contributed by atoms with Gasteiger partial charge >= 0.3 is 0 Å². The van der Waals surface area contributed by atoms with Gasteiger partial charge in [-0.05, 0) is 31.6 Å². The lowest BCUT2D eigenvalue weighted by molar-refractivity contribution is 0.263. The third-order valence-electron chi connectivity index (χ3n) is 3.91. The van der Waals surface area contributed by atoms with E-state index in [2.05, 4.69) is 9.88 Å². The van der Waals surface area contributed by atoms with Gasteiger partial charge in [-0.3, -0.25) is 4.79 Å². The minimum absolute atomic E-state index is 0.0460. The largest absolute Gasteiger partial charge is 0.396 e. The molecule has 0 spiro atoms. The molecule has 2 aliphatic rings. The Hall–Kier alpha value is -1.36. The summed E-state index contributed by atoms with van der Waals surface area (Å²) in [5, 5.41) is 8.96. The average molecular weight is 249 g/mol. The number of hydrogen-bond acceptors (Lipinski definition) is 4. The van der Waals surface area contributed by atoms with Gasteiger partial charge in [-0.1, -0.05) is 0 Å². The summed E-state index contributed by atoms with van der Waals surface area (Å²) in [6.45, 7) is 1.95. The maximum Gasteiger partial charge on any atom is 0.293 e. The molecule has 5 nitrogen and oxygen atoms in total. The molecule has 1 unspecified atom stereocenters. The van der Waals surface area contributed by atoms with Crippen LogP contribution in [-0.2, 0) is 0 Å². The SMILES string of the molecule is O=c1c(N2CCC(CCO)C2)nccn1C1CC1. The molecule has 0 aromatic carbocycles. The highest BCUT2D eigenvalue weighted by Gasteiger charge is 2.29. The molecular formula is C13H19N3O2. The van der Waals surface area contributed by atoms with Gasteiger partial charge in [0.25, 0.3) is 5.56 Å².